The first-order chi connectivity index (χ1) is 8.11. The zero-order valence-corrected chi connectivity index (χ0v) is 10.1. The summed E-state index contributed by atoms with van der Waals surface area (Å²) in [5.74, 6) is 0.420. The Kier molecular flexibility index (Phi) is 5.20. The Bertz CT molecular complexity index is 381. The third-order valence-corrected chi connectivity index (χ3v) is 2.21. The molecule has 0 saturated carbocycles. The molecule has 0 aromatic heterocycles. The lowest BCUT2D eigenvalue weighted by atomic mass is 10.1. The fraction of sp³-hybridized carbons (Fsp3) is 0.385. The second-order valence-corrected chi connectivity index (χ2v) is 3.71. The van der Waals surface area contributed by atoms with Gasteiger partial charge in [-0.3, -0.25) is 9.59 Å². The highest BCUT2D eigenvalue weighted by atomic mass is 16.5. The highest BCUT2D eigenvalue weighted by molar-refractivity contribution is 5.77. The third-order valence-electron chi connectivity index (χ3n) is 2.21. The minimum atomic E-state index is -0.220. The van der Waals surface area contributed by atoms with Crippen LogP contribution in [0, 0.1) is 0 Å². The quantitative estimate of drug-likeness (QED) is 0.706. The third kappa shape index (κ3) is 5.15. The van der Waals surface area contributed by atoms with E-state index in [9.17, 15) is 9.59 Å². The normalized spacial score (nSPS) is 9.76. The zero-order chi connectivity index (χ0) is 12.7. The molecule has 0 bridgehead atoms. The molecule has 0 saturated heterocycles. The molecule has 4 nitrogen and oxygen atoms in total. The summed E-state index contributed by atoms with van der Waals surface area (Å²) in [5, 5.41) is 0. The first kappa shape index (κ1) is 13.2. The lowest BCUT2D eigenvalue weighted by Crippen LogP contribution is -2.06. The van der Waals surface area contributed by atoms with Crippen molar-refractivity contribution in [3.05, 3.63) is 29.8 Å². The van der Waals surface area contributed by atoms with Crippen LogP contribution in [0.4, 0.5) is 0 Å². The minimum absolute atomic E-state index is 0.0141. The molecule has 0 radical (unpaired) electrons. The van der Waals surface area contributed by atoms with Crippen molar-refractivity contribution in [3.8, 4) is 5.75 Å². The molecule has 0 fully saturated rings. The number of aryl methyl sites for hydroxylation is 1. The standard InChI is InChI=1S/C13H16O4/c1-10(14)9-17-12-6-3-11(4-7-12)5-8-13(15)16-2/h3-4,6-7H,5,8-9H2,1-2H3. The van der Waals surface area contributed by atoms with E-state index in [0.717, 1.165) is 5.56 Å². The van der Waals surface area contributed by atoms with E-state index in [0.29, 0.717) is 18.6 Å². The second kappa shape index (κ2) is 6.68. The molecule has 0 spiro atoms. The fourth-order valence-electron chi connectivity index (χ4n) is 1.29. The van der Waals surface area contributed by atoms with E-state index in [1.807, 2.05) is 12.1 Å². The molecule has 1 rings (SSSR count). The molecular formula is C13H16O4. The van der Waals surface area contributed by atoms with E-state index in [2.05, 4.69) is 4.74 Å². The van der Waals surface area contributed by atoms with Crippen LogP contribution in [0.1, 0.15) is 18.9 Å². The maximum atomic E-state index is 10.9. The van der Waals surface area contributed by atoms with Crippen molar-refractivity contribution in [1.29, 1.82) is 0 Å². The predicted molar refractivity (Wildman–Crippen MR) is 63.0 cm³/mol. The van der Waals surface area contributed by atoms with Gasteiger partial charge in [0, 0.05) is 6.42 Å². The topological polar surface area (TPSA) is 52.6 Å². The van der Waals surface area contributed by atoms with Crippen LogP contribution in [0.15, 0.2) is 24.3 Å². The van der Waals surface area contributed by atoms with E-state index in [-0.39, 0.29) is 18.4 Å². The minimum Gasteiger partial charge on any atom is -0.486 e. The number of Topliss-reactive ketones (excluding diaryl/α,β-unsaturated/α-hetero) is 1. The molecule has 0 aliphatic heterocycles. The van der Waals surface area contributed by atoms with Gasteiger partial charge in [-0.2, -0.15) is 0 Å². The molecule has 0 amide bonds. The number of hydrogen-bond donors (Lipinski definition) is 0. The van der Waals surface area contributed by atoms with Crippen molar-refractivity contribution in [2.24, 2.45) is 0 Å². The number of carbonyl (C=O) groups excluding carboxylic acids is 2. The molecule has 0 heterocycles. The van der Waals surface area contributed by atoms with Crippen molar-refractivity contribution >= 4 is 11.8 Å². The maximum absolute atomic E-state index is 10.9. The van der Waals surface area contributed by atoms with Gasteiger partial charge >= 0.3 is 5.97 Å². The molecule has 17 heavy (non-hydrogen) atoms. The molecule has 1 aromatic carbocycles. The first-order valence-corrected chi connectivity index (χ1v) is 5.40. The van der Waals surface area contributed by atoms with Crippen LogP contribution in [0.3, 0.4) is 0 Å². The van der Waals surface area contributed by atoms with Crippen molar-refractivity contribution < 1.29 is 19.1 Å². The smallest absolute Gasteiger partial charge is 0.305 e. The van der Waals surface area contributed by atoms with Gasteiger partial charge in [0.05, 0.1) is 7.11 Å². The lowest BCUT2D eigenvalue weighted by molar-refractivity contribution is -0.140. The van der Waals surface area contributed by atoms with Crippen molar-refractivity contribution in [2.45, 2.75) is 19.8 Å². The Balaban J connectivity index is 2.44. The summed E-state index contributed by atoms with van der Waals surface area (Å²) in [6, 6.07) is 7.32. The van der Waals surface area contributed by atoms with E-state index in [4.69, 9.17) is 4.74 Å². The van der Waals surface area contributed by atoms with Gasteiger partial charge in [-0.05, 0) is 31.0 Å². The number of rotatable bonds is 6. The van der Waals surface area contributed by atoms with Crippen molar-refractivity contribution in [2.75, 3.05) is 13.7 Å². The molecule has 0 aliphatic carbocycles. The highest BCUT2D eigenvalue weighted by Gasteiger charge is 2.02. The average molecular weight is 236 g/mol. The van der Waals surface area contributed by atoms with Crippen LogP contribution in [-0.4, -0.2) is 25.5 Å². The number of esters is 1. The Labute approximate surface area is 101 Å². The van der Waals surface area contributed by atoms with E-state index < -0.39 is 0 Å². The van der Waals surface area contributed by atoms with E-state index >= 15 is 0 Å². The van der Waals surface area contributed by atoms with Gasteiger partial charge in [0.15, 0.2) is 5.78 Å². The van der Waals surface area contributed by atoms with E-state index in [1.165, 1.54) is 14.0 Å². The molecule has 4 heteroatoms. The molecular weight excluding hydrogens is 220 g/mol. The summed E-state index contributed by atoms with van der Waals surface area (Å²) >= 11 is 0. The van der Waals surface area contributed by atoms with Gasteiger partial charge in [-0.15, -0.1) is 0 Å². The van der Waals surface area contributed by atoms with Crippen LogP contribution in [0.2, 0.25) is 0 Å². The average Bonchev–Trinajstić information content (AvgIpc) is 2.34. The van der Waals surface area contributed by atoms with Crippen LogP contribution in [0.5, 0.6) is 5.75 Å². The number of carbonyl (C=O) groups is 2. The van der Waals surface area contributed by atoms with Gasteiger partial charge in [0.2, 0.25) is 0 Å². The molecule has 0 N–H and O–H groups in total. The van der Waals surface area contributed by atoms with Gasteiger partial charge in [-0.25, -0.2) is 0 Å². The summed E-state index contributed by atoms with van der Waals surface area (Å²) in [4.78, 5) is 21.7. The van der Waals surface area contributed by atoms with Gasteiger partial charge in [0.25, 0.3) is 0 Å². The SMILES string of the molecule is COC(=O)CCc1ccc(OCC(C)=O)cc1. The van der Waals surface area contributed by atoms with Crippen LogP contribution >= 0.6 is 0 Å². The lowest BCUT2D eigenvalue weighted by Gasteiger charge is -2.05. The van der Waals surface area contributed by atoms with Crippen molar-refractivity contribution in [1.82, 2.24) is 0 Å². The van der Waals surface area contributed by atoms with Gasteiger partial charge in [0.1, 0.15) is 12.4 Å². The first-order valence-electron chi connectivity index (χ1n) is 5.40. The predicted octanol–water partition coefficient (Wildman–Crippen LogP) is 1.76. The summed E-state index contributed by atoms with van der Waals surface area (Å²) < 4.78 is 9.79. The Morgan fingerprint density at radius 3 is 2.35 bits per heavy atom. The van der Waals surface area contributed by atoms with Gasteiger partial charge < -0.3 is 9.47 Å². The van der Waals surface area contributed by atoms with Crippen LogP contribution in [0.25, 0.3) is 0 Å². The maximum Gasteiger partial charge on any atom is 0.305 e. The van der Waals surface area contributed by atoms with Crippen LogP contribution in [-0.2, 0) is 20.7 Å². The summed E-state index contributed by atoms with van der Waals surface area (Å²) in [6.45, 7) is 1.56. The number of methoxy groups -OCH3 is 1. The number of ether oxygens (including phenoxy) is 2. The molecule has 0 atom stereocenters. The molecule has 0 unspecified atom stereocenters. The summed E-state index contributed by atoms with van der Waals surface area (Å²) in [6.07, 6.45) is 1.00. The Hall–Kier alpha value is -1.84. The molecule has 1 aromatic rings. The zero-order valence-electron chi connectivity index (χ0n) is 10.1. The van der Waals surface area contributed by atoms with Crippen molar-refractivity contribution in [3.63, 3.8) is 0 Å². The largest absolute Gasteiger partial charge is 0.486 e. The number of ketones is 1. The monoisotopic (exact) mass is 236 g/mol. The number of hydrogen-bond acceptors (Lipinski definition) is 4. The van der Waals surface area contributed by atoms with Gasteiger partial charge in [-0.1, -0.05) is 12.1 Å². The fourth-order valence-corrected chi connectivity index (χ4v) is 1.29. The summed E-state index contributed by atoms with van der Waals surface area (Å²) in [7, 11) is 1.38. The molecule has 0 aliphatic rings. The van der Waals surface area contributed by atoms with Crippen LogP contribution < -0.4 is 4.74 Å². The van der Waals surface area contributed by atoms with E-state index in [1.54, 1.807) is 12.1 Å². The summed E-state index contributed by atoms with van der Waals surface area (Å²) in [5.41, 5.74) is 1.03. The Morgan fingerprint density at radius 2 is 1.82 bits per heavy atom. The second-order valence-electron chi connectivity index (χ2n) is 3.71. The number of benzene rings is 1. The highest BCUT2D eigenvalue weighted by Crippen LogP contribution is 2.13. The molecule has 92 valence electrons. The Morgan fingerprint density at radius 1 is 1.18 bits per heavy atom.